The highest BCUT2D eigenvalue weighted by molar-refractivity contribution is 7.88. The van der Waals surface area contributed by atoms with E-state index in [1.165, 1.54) is 10.6 Å². The van der Waals surface area contributed by atoms with Crippen LogP contribution in [0.3, 0.4) is 0 Å². The summed E-state index contributed by atoms with van der Waals surface area (Å²) in [6.07, 6.45) is 2.09. The highest BCUT2D eigenvalue weighted by atomic mass is 35.5. The van der Waals surface area contributed by atoms with Crippen LogP contribution < -0.4 is 10.6 Å². The molecule has 1 aliphatic heterocycles. The molecule has 0 radical (unpaired) electrons. The predicted molar refractivity (Wildman–Crippen MR) is 114 cm³/mol. The van der Waals surface area contributed by atoms with Crippen LogP contribution in [0.5, 0.6) is 0 Å². The molecule has 0 unspecified atom stereocenters. The van der Waals surface area contributed by atoms with Gasteiger partial charge < -0.3 is 10.6 Å². The van der Waals surface area contributed by atoms with Gasteiger partial charge in [-0.1, -0.05) is 23.7 Å². The van der Waals surface area contributed by atoms with E-state index in [4.69, 9.17) is 11.6 Å². The number of benzene rings is 2. The number of para-hydroxylation sites is 2. The lowest BCUT2D eigenvalue weighted by molar-refractivity contribution is -0.120. The number of rotatable bonds is 5. The summed E-state index contributed by atoms with van der Waals surface area (Å²) in [4.78, 5) is 25.1. The van der Waals surface area contributed by atoms with E-state index in [2.05, 4.69) is 10.6 Å². The van der Waals surface area contributed by atoms with Gasteiger partial charge in [0.2, 0.25) is 15.9 Å². The molecule has 7 nitrogen and oxygen atoms in total. The van der Waals surface area contributed by atoms with Crippen molar-refractivity contribution in [2.75, 3.05) is 30.0 Å². The van der Waals surface area contributed by atoms with Crippen molar-refractivity contribution in [3.63, 3.8) is 0 Å². The molecular weight excluding hydrogens is 414 g/mol. The third kappa shape index (κ3) is 5.56. The Morgan fingerprint density at radius 3 is 2.07 bits per heavy atom. The first-order chi connectivity index (χ1) is 13.7. The van der Waals surface area contributed by atoms with Crippen LogP contribution in [0.4, 0.5) is 11.4 Å². The number of hydrogen-bond acceptors (Lipinski definition) is 4. The molecule has 154 valence electrons. The smallest absolute Gasteiger partial charge is 0.255 e. The van der Waals surface area contributed by atoms with E-state index >= 15 is 0 Å². The molecule has 0 spiro atoms. The number of nitrogens with zero attached hydrogens (tertiary/aromatic N) is 1. The zero-order chi connectivity index (χ0) is 21.0. The summed E-state index contributed by atoms with van der Waals surface area (Å²) in [6, 6.07) is 13.4. The van der Waals surface area contributed by atoms with Crippen molar-refractivity contribution in [2.45, 2.75) is 12.8 Å². The molecular formula is C20H22ClN3O4S. The fourth-order valence-electron chi connectivity index (χ4n) is 3.18. The average Bonchev–Trinajstić information content (AvgIpc) is 2.69. The standard InChI is InChI=1S/C20H22ClN3O4S/c1-29(27,28)24-12-10-15(11-13-24)20(26)23-18-5-3-2-4-17(18)22-19(25)14-6-8-16(21)9-7-14/h2-9,15H,10-13H2,1H3,(H,22,25)(H,23,26). The minimum atomic E-state index is -3.24. The van der Waals surface area contributed by atoms with Gasteiger partial charge in [0.25, 0.3) is 5.91 Å². The Balaban J connectivity index is 1.65. The quantitative estimate of drug-likeness (QED) is 0.753. The molecule has 1 aliphatic rings. The van der Waals surface area contributed by atoms with E-state index in [9.17, 15) is 18.0 Å². The summed E-state index contributed by atoms with van der Waals surface area (Å²) in [7, 11) is -3.24. The normalized spacial score (nSPS) is 15.7. The van der Waals surface area contributed by atoms with Crippen LogP contribution in [-0.4, -0.2) is 43.9 Å². The second-order valence-electron chi connectivity index (χ2n) is 6.93. The van der Waals surface area contributed by atoms with Crippen molar-refractivity contribution in [2.24, 2.45) is 5.92 Å². The number of halogens is 1. The van der Waals surface area contributed by atoms with Crippen molar-refractivity contribution in [3.05, 3.63) is 59.1 Å². The summed E-state index contributed by atoms with van der Waals surface area (Å²) in [5.74, 6) is -0.788. The largest absolute Gasteiger partial charge is 0.324 e. The monoisotopic (exact) mass is 435 g/mol. The van der Waals surface area contributed by atoms with Gasteiger partial charge in [-0.3, -0.25) is 9.59 Å². The molecule has 2 aromatic carbocycles. The van der Waals surface area contributed by atoms with Gasteiger partial charge >= 0.3 is 0 Å². The van der Waals surface area contributed by atoms with E-state index < -0.39 is 10.0 Å². The van der Waals surface area contributed by atoms with Gasteiger partial charge in [0, 0.05) is 29.6 Å². The fraction of sp³-hybridized carbons (Fsp3) is 0.300. The highest BCUT2D eigenvalue weighted by Gasteiger charge is 2.29. The van der Waals surface area contributed by atoms with E-state index in [0.717, 1.165) is 0 Å². The Labute approximate surface area is 175 Å². The van der Waals surface area contributed by atoms with Crippen LogP contribution in [0, 0.1) is 5.92 Å². The molecule has 2 aromatic rings. The lowest BCUT2D eigenvalue weighted by Gasteiger charge is -2.29. The molecule has 9 heteroatoms. The van der Waals surface area contributed by atoms with Gasteiger partial charge in [-0.25, -0.2) is 12.7 Å². The molecule has 0 saturated carbocycles. The SMILES string of the molecule is CS(=O)(=O)N1CCC(C(=O)Nc2ccccc2NC(=O)c2ccc(Cl)cc2)CC1. The molecule has 0 bridgehead atoms. The summed E-state index contributed by atoms with van der Waals surface area (Å²) in [6.45, 7) is 0.651. The highest BCUT2D eigenvalue weighted by Crippen LogP contribution is 2.25. The Hall–Kier alpha value is -2.42. The van der Waals surface area contributed by atoms with E-state index in [1.54, 1.807) is 48.5 Å². The lowest BCUT2D eigenvalue weighted by atomic mass is 9.97. The first kappa shape index (κ1) is 21.3. The molecule has 1 heterocycles. The number of hydrogen-bond donors (Lipinski definition) is 2. The Morgan fingerprint density at radius 1 is 0.966 bits per heavy atom. The maximum absolute atomic E-state index is 12.7. The average molecular weight is 436 g/mol. The van der Waals surface area contributed by atoms with Crippen molar-refractivity contribution in [3.8, 4) is 0 Å². The summed E-state index contributed by atoms with van der Waals surface area (Å²) >= 11 is 5.85. The molecule has 0 atom stereocenters. The van der Waals surface area contributed by atoms with Gasteiger partial charge in [-0.2, -0.15) is 0 Å². The number of piperidine rings is 1. The molecule has 29 heavy (non-hydrogen) atoms. The first-order valence-corrected chi connectivity index (χ1v) is 11.4. The maximum atomic E-state index is 12.7. The molecule has 2 N–H and O–H groups in total. The summed E-state index contributed by atoms with van der Waals surface area (Å²) in [5, 5.41) is 6.19. The zero-order valence-electron chi connectivity index (χ0n) is 15.9. The number of anilines is 2. The number of sulfonamides is 1. The van der Waals surface area contributed by atoms with Crippen LogP contribution in [0.1, 0.15) is 23.2 Å². The van der Waals surface area contributed by atoms with Crippen molar-refractivity contribution in [1.29, 1.82) is 0 Å². The Morgan fingerprint density at radius 2 is 1.52 bits per heavy atom. The maximum Gasteiger partial charge on any atom is 0.255 e. The lowest BCUT2D eigenvalue weighted by Crippen LogP contribution is -2.40. The minimum absolute atomic E-state index is 0.189. The molecule has 0 aliphatic carbocycles. The van der Waals surface area contributed by atoms with Gasteiger partial charge in [0.05, 0.1) is 17.6 Å². The van der Waals surface area contributed by atoms with Crippen LogP contribution in [0.15, 0.2) is 48.5 Å². The molecule has 1 saturated heterocycles. The second-order valence-corrected chi connectivity index (χ2v) is 9.35. The first-order valence-electron chi connectivity index (χ1n) is 9.16. The summed E-state index contributed by atoms with van der Waals surface area (Å²) < 4.78 is 24.6. The third-order valence-corrected chi connectivity index (χ3v) is 6.39. The molecule has 1 fully saturated rings. The van der Waals surface area contributed by atoms with E-state index in [-0.39, 0.29) is 17.7 Å². The van der Waals surface area contributed by atoms with Crippen LogP contribution in [0.25, 0.3) is 0 Å². The minimum Gasteiger partial charge on any atom is -0.324 e. The van der Waals surface area contributed by atoms with Crippen molar-refractivity contribution in [1.82, 2.24) is 4.31 Å². The van der Waals surface area contributed by atoms with Gasteiger partial charge in [-0.05, 0) is 49.2 Å². The van der Waals surface area contributed by atoms with Crippen LogP contribution >= 0.6 is 11.6 Å². The number of amides is 2. The Bertz CT molecular complexity index is 1000. The van der Waals surface area contributed by atoms with Gasteiger partial charge in [0.15, 0.2) is 0 Å². The Kier molecular flexibility index (Phi) is 6.56. The van der Waals surface area contributed by atoms with E-state index in [1.807, 2.05) is 0 Å². The molecule has 2 amide bonds. The van der Waals surface area contributed by atoms with Gasteiger partial charge in [-0.15, -0.1) is 0 Å². The number of carbonyl (C=O) groups excluding carboxylic acids is 2. The van der Waals surface area contributed by atoms with Crippen molar-refractivity contribution < 1.29 is 18.0 Å². The van der Waals surface area contributed by atoms with Crippen LogP contribution in [0.2, 0.25) is 5.02 Å². The second kappa shape index (κ2) is 8.94. The predicted octanol–water partition coefficient (Wildman–Crippen LogP) is 3.20. The molecule has 0 aromatic heterocycles. The van der Waals surface area contributed by atoms with Crippen molar-refractivity contribution >= 4 is 44.8 Å². The van der Waals surface area contributed by atoms with E-state index in [0.29, 0.717) is 47.9 Å². The number of nitrogens with one attached hydrogen (secondary N) is 2. The zero-order valence-corrected chi connectivity index (χ0v) is 17.5. The fourth-order valence-corrected chi connectivity index (χ4v) is 4.18. The summed E-state index contributed by atoms with van der Waals surface area (Å²) in [5.41, 5.74) is 1.42. The van der Waals surface area contributed by atoms with Crippen LogP contribution in [-0.2, 0) is 14.8 Å². The third-order valence-electron chi connectivity index (χ3n) is 4.83. The number of carbonyl (C=O) groups is 2. The van der Waals surface area contributed by atoms with Gasteiger partial charge in [0.1, 0.15) is 0 Å². The molecule has 3 rings (SSSR count). The topological polar surface area (TPSA) is 95.6 Å².